The molecule has 0 aliphatic heterocycles. The van der Waals surface area contributed by atoms with Crippen LogP contribution in [-0.4, -0.2) is 12.1 Å². The molecule has 1 rings (SSSR count). The average Bonchev–Trinajstić information content (AvgIpc) is 2.10. The number of benzene rings is 1. The summed E-state index contributed by atoms with van der Waals surface area (Å²) in [5.41, 5.74) is 3.48. The van der Waals surface area contributed by atoms with Crippen LogP contribution in [0.5, 0.6) is 0 Å². The van der Waals surface area contributed by atoms with Gasteiger partial charge in [0.25, 0.3) is 0 Å². The number of esters is 1. The first kappa shape index (κ1) is 11.8. The maximum absolute atomic E-state index is 11.4. The molecule has 2 heteroatoms. The zero-order chi connectivity index (χ0) is 11.4. The van der Waals surface area contributed by atoms with Gasteiger partial charge in [-0.2, -0.15) is 0 Å². The molecular formula is C13H18O2. The van der Waals surface area contributed by atoms with E-state index < -0.39 is 0 Å². The predicted octanol–water partition coefficient (Wildman–Crippen LogP) is 2.80. The Morgan fingerprint density at radius 2 is 1.93 bits per heavy atom. The third-order valence-corrected chi connectivity index (χ3v) is 2.29. The Morgan fingerprint density at radius 3 is 2.47 bits per heavy atom. The van der Waals surface area contributed by atoms with Gasteiger partial charge in [0, 0.05) is 0 Å². The molecule has 0 radical (unpaired) electrons. The van der Waals surface area contributed by atoms with E-state index in [0.717, 1.165) is 5.56 Å². The fraction of sp³-hybridized carbons (Fsp3) is 0.462. The molecule has 0 unspecified atom stereocenters. The van der Waals surface area contributed by atoms with Crippen molar-refractivity contribution in [2.24, 2.45) is 0 Å². The molecule has 0 atom stereocenters. The zero-order valence-electron chi connectivity index (χ0n) is 9.83. The van der Waals surface area contributed by atoms with Gasteiger partial charge in [-0.15, -0.1) is 0 Å². The van der Waals surface area contributed by atoms with Gasteiger partial charge < -0.3 is 4.74 Å². The van der Waals surface area contributed by atoms with E-state index in [4.69, 9.17) is 4.74 Å². The van der Waals surface area contributed by atoms with Crippen LogP contribution in [0.4, 0.5) is 0 Å². The van der Waals surface area contributed by atoms with E-state index in [1.54, 1.807) is 0 Å². The second-order valence-corrected chi connectivity index (χ2v) is 4.13. The fourth-order valence-corrected chi connectivity index (χ4v) is 1.38. The van der Waals surface area contributed by atoms with E-state index in [-0.39, 0.29) is 12.1 Å². The Morgan fingerprint density at radius 1 is 1.27 bits per heavy atom. The molecule has 0 saturated heterocycles. The SMILES string of the molecule is Cc1ccc(CC(=O)OC(C)C)cc1C. The summed E-state index contributed by atoms with van der Waals surface area (Å²) in [5.74, 6) is -0.159. The molecule has 0 aromatic heterocycles. The van der Waals surface area contributed by atoms with Crippen molar-refractivity contribution in [1.82, 2.24) is 0 Å². The Hall–Kier alpha value is -1.31. The Labute approximate surface area is 91.3 Å². The summed E-state index contributed by atoms with van der Waals surface area (Å²) in [4.78, 5) is 11.4. The van der Waals surface area contributed by atoms with Gasteiger partial charge in [0.05, 0.1) is 12.5 Å². The summed E-state index contributed by atoms with van der Waals surface area (Å²) >= 11 is 0. The molecule has 0 heterocycles. The lowest BCUT2D eigenvalue weighted by Crippen LogP contribution is -2.13. The molecule has 0 saturated carbocycles. The molecule has 1 aromatic rings. The summed E-state index contributed by atoms with van der Waals surface area (Å²) in [6, 6.07) is 6.05. The standard InChI is InChI=1S/C13H18O2/c1-9(2)15-13(14)8-12-6-5-10(3)11(4)7-12/h5-7,9H,8H2,1-4H3. The average molecular weight is 206 g/mol. The molecule has 0 aliphatic carbocycles. The van der Waals surface area contributed by atoms with E-state index in [9.17, 15) is 4.79 Å². The lowest BCUT2D eigenvalue weighted by atomic mass is 10.0. The largest absolute Gasteiger partial charge is 0.463 e. The highest BCUT2D eigenvalue weighted by Gasteiger charge is 2.07. The highest BCUT2D eigenvalue weighted by Crippen LogP contribution is 2.11. The van der Waals surface area contributed by atoms with Gasteiger partial charge in [-0.05, 0) is 44.4 Å². The van der Waals surface area contributed by atoms with Crippen LogP contribution in [-0.2, 0) is 16.0 Å². The summed E-state index contributed by atoms with van der Waals surface area (Å²) in [7, 11) is 0. The van der Waals surface area contributed by atoms with Crippen molar-refractivity contribution in [2.75, 3.05) is 0 Å². The molecule has 0 bridgehead atoms. The highest BCUT2D eigenvalue weighted by molar-refractivity contribution is 5.72. The van der Waals surface area contributed by atoms with Gasteiger partial charge in [0.15, 0.2) is 0 Å². The normalized spacial score (nSPS) is 10.5. The van der Waals surface area contributed by atoms with Crippen LogP contribution in [0.15, 0.2) is 18.2 Å². The maximum Gasteiger partial charge on any atom is 0.310 e. The Balaban J connectivity index is 2.65. The number of carbonyl (C=O) groups excluding carboxylic acids is 1. The van der Waals surface area contributed by atoms with Crippen molar-refractivity contribution >= 4 is 5.97 Å². The summed E-state index contributed by atoms with van der Waals surface area (Å²) in [6.07, 6.45) is 0.322. The van der Waals surface area contributed by atoms with Crippen LogP contribution in [0.1, 0.15) is 30.5 Å². The molecule has 0 aliphatic rings. The molecule has 1 aromatic carbocycles. The van der Waals surface area contributed by atoms with E-state index in [1.807, 2.05) is 39.0 Å². The zero-order valence-corrected chi connectivity index (χ0v) is 9.83. The van der Waals surface area contributed by atoms with Crippen LogP contribution in [0.2, 0.25) is 0 Å². The molecule has 15 heavy (non-hydrogen) atoms. The van der Waals surface area contributed by atoms with Crippen molar-refractivity contribution in [2.45, 2.75) is 40.2 Å². The number of hydrogen-bond acceptors (Lipinski definition) is 2. The van der Waals surface area contributed by atoms with Crippen molar-refractivity contribution < 1.29 is 9.53 Å². The lowest BCUT2D eigenvalue weighted by Gasteiger charge is -2.08. The molecule has 0 N–H and O–H groups in total. The molecule has 0 fully saturated rings. The molecule has 2 nitrogen and oxygen atoms in total. The van der Waals surface area contributed by atoms with Gasteiger partial charge in [0.2, 0.25) is 0 Å². The molecule has 0 spiro atoms. The minimum absolute atomic E-state index is 0.0379. The third-order valence-electron chi connectivity index (χ3n) is 2.29. The minimum atomic E-state index is -0.159. The number of hydrogen-bond donors (Lipinski definition) is 0. The lowest BCUT2D eigenvalue weighted by molar-refractivity contribution is -0.146. The number of aryl methyl sites for hydroxylation is 2. The number of ether oxygens (including phenoxy) is 1. The predicted molar refractivity (Wildman–Crippen MR) is 60.8 cm³/mol. The van der Waals surface area contributed by atoms with Gasteiger partial charge in [-0.3, -0.25) is 4.79 Å². The fourth-order valence-electron chi connectivity index (χ4n) is 1.38. The van der Waals surface area contributed by atoms with Crippen molar-refractivity contribution in [3.8, 4) is 0 Å². The second-order valence-electron chi connectivity index (χ2n) is 4.13. The van der Waals surface area contributed by atoms with E-state index >= 15 is 0 Å². The summed E-state index contributed by atoms with van der Waals surface area (Å²) in [5, 5.41) is 0. The third kappa shape index (κ3) is 3.74. The first-order valence-corrected chi connectivity index (χ1v) is 5.24. The van der Waals surface area contributed by atoms with Crippen LogP contribution < -0.4 is 0 Å². The summed E-state index contributed by atoms with van der Waals surface area (Å²) < 4.78 is 5.09. The first-order valence-electron chi connectivity index (χ1n) is 5.24. The van der Waals surface area contributed by atoms with E-state index in [0.29, 0.717) is 6.42 Å². The number of carbonyl (C=O) groups is 1. The number of rotatable bonds is 3. The quantitative estimate of drug-likeness (QED) is 0.711. The van der Waals surface area contributed by atoms with Gasteiger partial charge >= 0.3 is 5.97 Å². The van der Waals surface area contributed by atoms with E-state index in [2.05, 4.69) is 6.92 Å². The maximum atomic E-state index is 11.4. The van der Waals surface area contributed by atoms with Crippen LogP contribution in [0, 0.1) is 13.8 Å². The molecule has 0 amide bonds. The van der Waals surface area contributed by atoms with Crippen molar-refractivity contribution in [3.05, 3.63) is 34.9 Å². The topological polar surface area (TPSA) is 26.3 Å². The smallest absolute Gasteiger partial charge is 0.310 e. The van der Waals surface area contributed by atoms with Crippen LogP contribution in [0.25, 0.3) is 0 Å². The Kier molecular flexibility index (Phi) is 3.89. The van der Waals surface area contributed by atoms with E-state index in [1.165, 1.54) is 11.1 Å². The Bertz CT molecular complexity index is 354. The van der Waals surface area contributed by atoms with Gasteiger partial charge in [-0.25, -0.2) is 0 Å². The van der Waals surface area contributed by atoms with Crippen LogP contribution in [0.3, 0.4) is 0 Å². The van der Waals surface area contributed by atoms with Gasteiger partial charge in [-0.1, -0.05) is 18.2 Å². The van der Waals surface area contributed by atoms with Crippen molar-refractivity contribution in [3.63, 3.8) is 0 Å². The second kappa shape index (κ2) is 4.96. The first-order chi connectivity index (χ1) is 6.99. The van der Waals surface area contributed by atoms with Crippen LogP contribution >= 0.6 is 0 Å². The molecular weight excluding hydrogens is 188 g/mol. The monoisotopic (exact) mass is 206 g/mol. The summed E-state index contributed by atoms with van der Waals surface area (Å²) in [6.45, 7) is 7.83. The minimum Gasteiger partial charge on any atom is -0.463 e. The van der Waals surface area contributed by atoms with Gasteiger partial charge in [0.1, 0.15) is 0 Å². The highest BCUT2D eigenvalue weighted by atomic mass is 16.5. The van der Waals surface area contributed by atoms with Crippen molar-refractivity contribution in [1.29, 1.82) is 0 Å². The molecule has 82 valence electrons.